The number of thioether (sulfide) groups is 1. The van der Waals surface area contributed by atoms with E-state index in [0.717, 1.165) is 28.2 Å². The zero-order valence-electron chi connectivity index (χ0n) is 8.40. The van der Waals surface area contributed by atoms with Crippen LogP contribution >= 0.6 is 39.0 Å². The molecule has 1 aliphatic heterocycles. The van der Waals surface area contributed by atoms with Crippen LogP contribution in [0.15, 0.2) is 15.9 Å². The summed E-state index contributed by atoms with van der Waals surface area (Å²) in [6.45, 7) is 3.92. The molecule has 1 fully saturated rings. The number of halogens is 1. The van der Waals surface area contributed by atoms with E-state index in [0.29, 0.717) is 5.25 Å². The van der Waals surface area contributed by atoms with Crippen LogP contribution in [0.5, 0.6) is 0 Å². The van der Waals surface area contributed by atoms with Gasteiger partial charge >= 0.3 is 0 Å². The first-order chi connectivity index (χ1) is 7.18. The van der Waals surface area contributed by atoms with Gasteiger partial charge in [-0.05, 0) is 27.4 Å². The standard InChI is InChI=1S/C10H12BrNOS2/c1-7-6-12(3-5-14-7)10(13)9-8(11)2-4-15-9/h2,4,7H,3,5-6H2,1H3. The highest BCUT2D eigenvalue weighted by Gasteiger charge is 2.24. The Balaban J connectivity index is 2.11. The van der Waals surface area contributed by atoms with Gasteiger partial charge in [-0.15, -0.1) is 11.3 Å². The lowest BCUT2D eigenvalue weighted by atomic mass is 10.3. The molecular weight excluding hydrogens is 294 g/mol. The number of hydrogen-bond acceptors (Lipinski definition) is 3. The van der Waals surface area contributed by atoms with Crippen molar-refractivity contribution in [1.82, 2.24) is 4.90 Å². The molecule has 1 aliphatic rings. The summed E-state index contributed by atoms with van der Waals surface area (Å²) in [6, 6.07) is 1.93. The Kier molecular flexibility index (Phi) is 3.74. The first-order valence-corrected chi connectivity index (χ1v) is 7.54. The third-order valence-corrected chi connectivity index (χ3v) is 5.30. The van der Waals surface area contributed by atoms with Crippen LogP contribution in [0, 0.1) is 0 Å². The van der Waals surface area contributed by atoms with Gasteiger partial charge < -0.3 is 4.90 Å². The van der Waals surface area contributed by atoms with E-state index in [1.807, 2.05) is 28.1 Å². The van der Waals surface area contributed by atoms with Crippen molar-refractivity contribution in [3.63, 3.8) is 0 Å². The molecule has 1 aromatic heterocycles. The van der Waals surface area contributed by atoms with Gasteiger partial charge in [0.05, 0.1) is 0 Å². The summed E-state index contributed by atoms with van der Waals surface area (Å²) in [5.41, 5.74) is 0. The Hall–Kier alpha value is -0.000000000000000111. The Morgan fingerprint density at radius 3 is 3.07 bits per heavy atom. The topological polar surface area (TPSA) is 20.3 Å². The van der Waals surface area contributed by atoms with Crippen molar-refractivity contribution in [2.24, 2.45) is 0 Å². The van der Waals surface area contributed by atoms with Crippen molar-refractivity contribution < 1.29 is 4.79 Å². The predicted molar refractivity (Wildman–Crippen MR) is 69.8 cm³/mol. The van der Waals surface area contributed by atoms with E-state index in [9.17, 15) is 4.79 Å². The molecular formula is C10H12BrNOS2. The van der Waals surface area contributed by atoms with E-state index in [1.54, 1.807) is 0 Å². The van der Waals surface area contributed by atoms with Gasteiger partial charge in [-0.2, -0.15) is 11.8 Å². The molecule has 1 atom stereocenters. The minimum atomic E-state index is 0.170. The smallest absolute Gasteiger partial charge is 0.265 e. The molecule has 2 nitrogen and oxygen atoms in total. The van der Waals surface area contributed by atoms with Gasteiger partial charge in [-0.25, -0.2) is 0 Å². The second-order valence-corrected chi connectivity index (χ2v) is 6.85. The van der Waals surface area contributed by atoms with Gasteiger partial charge in [0.25, 0.3) is 5.91 Å². The molecule has 1 aromatic rings. The minimum Gasteiger partial charge on any atom is -0.336 e. The second-order valence-electron chi connectivity index (χ2n) is 3.53. The molecule has 0 radical (unpaired) electrons. The number of carbonyl (C=O) groups excluding carboxylic acids is 1. The van der Waals surface area contributed by atoms with E-state index >= 15 is 0 Å². The first-order valence-electron chi connectivity index (χ1n) is 4.82. The zero-order chi connectivity index (χ0) is 10.8. The van der Waals surface area contributed by atoms with Crippen molar-refractivity contribution in [1.29, 1.82) is 0 Å². The van der Waals surface area contributed by atoms with Gasteiger partial charge in [0.1, 0.15) is 4.88 Å². The van der Waals surface area contributed by atoms with Crippen LogP contribution in [-0.2, 0) is 0 Å². The molecule has 0 spiro atoms. The molecule has 0 N–H and O–H groups in total. The molecule has 0 bridgehead atoms. The van der Waals surface area contributed by atoms with E-state index < -0.39 is 0 Å². The van der Waals surface area contributed by atoms with Crippen molar-refractivity contribution in [3.8, 4) is 0 Å². The maximum atomic E-state index is 12.1. The lowest BCUT2D eigenvalue weighted by Crippen LogP contribution is -2.40. The Morgan fingerprint density at radius 2 is 2.47 bits per heavy atom. The number of carbonyl (C=O) groups is 1. The minimum absolute atomic E-state index is 0.170. The largest absolute Gasteiger partial charge is 0.336 e. The molecule has 1 saturated heterocycles. The summed E-state index contributed by atoms with van der Waals surface area (Å²) in [6.07, 6.45) is 0. The highest BCUT2D eigenvalue weighted by atomic mass is 79.9. The Morgan fingerprint density at radius 1 is 1.67 bits per heavy atom. The average Bonchev–Trinajstić information content (AvgIpc) is 2.63. The quantitative estimate of drug-likeness (QED) is 0.795. The van der Waals surface area contributed by atoms with Crippen molar-refractivity contribution in [2.45, 2.75) is 12.2 Å². The van der Waals surface area contributed by atoms with Crippen LogP contribution in [0.3, 0.4) is 0 Å². The fraction of sp³-hybridized carbons (Fsp3) is 0.500. The van der Waals surface area contributed by atoms with Crippen molar-refractivity contribution >= 4 is 44.9 Å². The van der Waals surface area contributed by atoms with E-state index in [-0.39, 0.29) is 5.91 Å². The molecule has 1 amide bonds. The SMILES string of the molecule is CC1CN(C(=O)c2sccc2Br)CCS1. The molecule has 2 rings (SSSR count). The molecule has 0 aromatic carbocycles. The molecule has 82 valence electrons. The summed E-state index contributed by atoms with van der Waals surface area (Å²) >= 11 is 6.85. The number of rotatable bonds is 1. The molecule has 5 heteroatoms. The molecule has 0 aliphatic carbocycles. The third kappa shape index (κ3) is 2.57. The number of amides is 1. The maximum absolute atomic E-state index is 12.1. The van der Waals surface area contributed by atoms with Gasteiger partial charge in [0, 0.05) is 28.6 Å². The summed E-state index contributed by atoms with van der Waals surface area (Å²) < 4.78 is 0.920. The number of thiophene rings is 1. The summed E-state index contributed by atoms with van der Waals surface area (Å²) in [7, 11) is 0. The van der Waals surface area contributed by atoms with Gasteiger partial charge in [-0.3, -0.25) is 4.79 Å². The van der Waals surface area contributed by atoms with Crippen LogP contribution in [-0.4, -0.2) is 34.9 Å². The van der Waals surface area contributed by atoms with Gasteiger partial charge in [-0.1, -0.05) is 6.92 Å². The summed E-state index contributed by atoms with van der Waals surface area (Å²) in [5.74, 6) is 1.22. The highest BCUT2D eigenvalue weighted by molar-refractivity contribution is 9.10. The normalized spacial score (nSPS) is 21.7. The zero-order valence-corrected chi connectivity index (χ0v) is 11.6. The second kappa shape index (κ2) is 4.89. The maximum Gasteiger partial charge on any atom is 0.265 e. The highest BCUT2D eigenvalue weighted by Crippen LogP contribution is 2.26. The van der Waals surface area contributed by atoms with Gasteiger partial charge in [0.2, 0.25) is 0 Å². The molecule has 2 heterocycles. The van der Waals surface area contributed by atoms with Crippen LogP contribution in [0.4, 0.5) is 0 Å². The van der Waals surface area contributed by atoms with Crippen LogP contribution in [0.25, 0.3) is 0 Å². The van der Waals surface area contributed by atoms with Crippen LogP contribution in [0.2, 0.25) is 0 Å². The first kappa shape index (κ1) is 11.5. The fourth-order valence-corrected chi connectivity index (χ4v) is 4.11. The van der Waals surface area contributed by atoms with Crippen LogP contribution in [0.1, 0.15) is 16.6 Å². The van der Waals surface area contributed by atoms with E-state index in [2.05, 4.69) is 22.9 Å². The summed E-state index contributed by atoms with van der Waals surface area (Å²) in [4.78, 5) is 14.9. The lowest BCUT2D eigenvalue weighted by molar-refractivity contribution is 0.0767. The molecule has 15 heavy (non-hydrogen) atoms. The number of nitrogens with zero attached hydrogens (tertiary/aromatic N) is 1. The lowest BCUT2D eigenvalue weighted by Gasteiger charge is -2.30. The van der Waals surface area contributed by atoms with Crippen molar-refractivity contribution in [2.75, 3.05) is 18.8 Å². The fourth-order valence-electron chi connectivity index (χ4n) is 1.59. The average molecular weight is 306 g/mol. The van der Waals surface area contributed by atoms with E-state index in [4.69, 9.17) is 0 Å². The Bertz CT molecular complexity index is 366. The van der Waals surface area contributed by atoms with E-state index in [1.165, 1.54) is 11.3 Å². The number of hydrogen-bond donors (Lipinski definition) is 0. The van der Waals surface area contributed by atoms with Gasteiger partial charge in [0.15, 0.2) is 0 Å². The monoisotopic (exact) mass is 305 g/mol. The Labute approximate surface area is 106 Å². The summed E-state index contributed by atoms with van der Waals surface area (Å²) in [5, 5.41) is 2.50. The third-order valence-electron chi connectivity index (χ3n) is 2.34. The molecule has 1 unspecified atom stereocenters. The molecule has 0 saturated carbocycles. The predicted octanol–water partition coefficient (Wildman–Crippen LogP) is 3.09. The van der Waals surface area contributed by atoms with Crippen LogP contribution < -0.4 is 0 Å². The van der Waals surface area contributed by atoms with Crippen molar-refractivity contribution in [3.05, 3.63) is 20.8 Å².